The maximum Gasteiger partial charge on any atom is 0.0856 e. The van der Waals surface area contributed by atoms with Crippen LogP contribution in [0.4, 0.5) is 0 Å². The standard InChI is InChI=1S/C9H17NO.C7H8/c1-10-8-4-2-3-5-9(8)6-7-11-9;1-7-5-3-2-4-6-7/h8,10H,2-7H2,1H3;2-6H,1H3. The molecular formula is C16H25NO. The summed E-state index contributed by atoms with van der Waals surface area (Å²) in [6.45, 7) is 3.07. The average Bonchev–Trinajstić information content (AvgIpc) is 2.38. The summed E-state index contributed by atoms with van der Waals surface area (Å²) in [6.07, 6.45) is 6.59. The van der Waals surface area contributed by atoms with Gasteiger partial charge in [-0.1, -0.05) is 48.7 Å². The first-order valence-corrected chi connectivity index (χ1v) is 7.10. The van der Waals surface area contributed by atoms with Gasteiger partial charge in [-0.25, -0.2) is 0 Å². The third kappa shape index (κ3) is 3.12. The normalized spacial score (nSPS) is 30.2. The van der Waals surface area contributed by atoms with Gasteiger partial charge in [0.25, 0.3) is 0 Å². The summed E-state index contributed by atoms with van der Waals surface area (Å²) in [5.74, 6) is 0. The SMILES string of the molecule is CNC1CCCCC12CCO2.Cc1ccccc1. The van der Waals surface area contributed by atoms with E-state index in [1.807, 2.05) is 18.2 Å². The number of benzene rings is 1. The van der Waals surface area contributed by atoms with Gasteiger partial charge in [0.1, 0.15) is 0 Å². The minimum atomic E-state index is 0.257. The van der Waals surface area contributed by atoms with Crippen LogP contribution in [-0.4, -0.2) is 25.3 Å². The highest BCUT2D eigenvalue weighted by Crippen LogP contribution is 2.40. The predicted molar refractivity (Wildman–Crippen MR) is 75.8 cm³/mol. The Morgan fingerprint density at radius 3 is 2.28 bits per heavy atom. The third-order valence-corrected chi connectivity index (χ3v) is 4.18. The molecule has 1 heterocycles. The molecule has 100 valence electrons. The number of rotatable bonds is 1. The third-order valence-electron chi connectivity index (χ3n) is 4.18. The van der Waals surface area contributed by atoms with Gasteiger partial charge in [0.05, 0.1) is 12.2 Å². The number of hydrogen-bond acceptors (Lipinski definition) is 2. The van der Waals surface area contributed by atoms with Crippen LogP contribution in [0.2, 0.25) is 0 Å². The Kier molecular flexibility index (Phi) is 4.79. The zero-order valence-corrected chi connectivity index (χ0v) is 11.6. The van der Waals surface area contributed by atoms with Gasteiger partial charge in [-0.05, 0) is 26.8 Å². The molecule has 1 saturated carbocycles. The zero-order chi connectivity index (χ0) is 12.8. The van der Waals surface area contributed by atoms with Crippen LogP contribution in [-0.2, 0) is 4.74 Å². The molecule has 1 aliphatic carbocycles. The van der Waals surface area contributed by atoms with Gasteiger partial charge < -0.3 is 10.1 Å². The lowest BCUT2D eigenvalue weighted by molar-refractivity contribution is -0.180. The van der Waals surface area contributed by atoms with Crippen LogP contribution in [0.5, 0.6) is 0 Å². The smallest absolute Gasteiger partial charge is 0.0856 e. The second-order valence-electron chi connectivity index (χ2n) is 5.40. The second-order valence-corrected chi connectivity index (χ2v) is 5.40. The van der Waals surface area contributed by atoms with Gasteiger partial charge in [0.2, 0.25) is 0 Å². The summed E-state index contributed by atoms with van der Waals surface area (Å²) in [6, 6.07) is 10.9. The Morgan fingerprint density at radius 1 is 1.17 bits per heavy atom. The molecule has 1 saturated heterocycles. The fourth-order valence-electron chi connectivity index (χ4n) is 2.99. The average molecular weight is 247 g/mol. The van der Waals surface area contributed by atoms with E-state index >= 15 is 0 Å². The number of hydrogen-bond donors (Lipinski definition) is 1. The number of nitrogens with one attached hydrogen (secondary N) is 1. The maximum atomic E-state index is 5.70. The van der Waals surface area contributed by atoms with Crippen LogP contribution in [0, 0.1) is 6.92 Å². The lowest BCUT2D eigenvalue weighted by Gasteiger charge is -2.50. The summed E-state index contributed by atoms with van der Waals surface area (Å²) in [7, 11) is 2.05. The largest absolute Gasteiger partial charge is 0.373 e. The van der Waals surface area contributed by atoms with Crippen LogP contribution in [0.15, 0.2) is 30.3 Å². The predicted octanol–water partition coefficient (Wildman–Crippen LogP) is 3.30. The highest BCUT2D eigenvalue weighted by atomic mass is 16.5. The molecule has 1 N–H and O–H groups in total. The van der Waals surface area contributed by atoms with Gasteiger partial charge in [-0.3, -0.25) is 0 Å². The van der Waals surface area contributed by atoms with Gasteiger partial charge >= 0.3 is 0 Å². The van der Waals surface area contributed by atoms with Crippen molar-refractivity contribution in [3.8, 4) is 0 Å². The molecule has 2 fully saturated rings. The molecule has 1 spiro atoms. The van der Waals surface area contributed by atoms with Crippen LogP contribution in [0.25, 0.3) is 0 Å². The van der Waals surface area contributed by atoms with E-state index in [4.69, 9.17) is 4.74 Å². The van der Waals surface area contributed by atoms with E-state index in [0.717, 1.165) is 6.61 Å². The Balaban J connectivity index is 0.000000149. The molecular weight excluding hydrogens is 222 g/mol. The van der Waals surface area contributed by atoms with Crippen molar-refractivity contribution in [2.24, 2.45) is 0 Å². The van der Waals surface area contributed by atoms with E-state index in [1.54, 1.807) is 0 Å². The molecule has 0 bridgehead atoms. The van der Waals surface area contributed by atoms with Gasteiger partial charge in [0, 0.05) is 12.5 Å². The van der Waals surface area contributed by atoms with Crippen molar-refractivity contribution in [2.45, 2.75) is 50.7 Å². The van der Waals surface area contributed by atoms with Crippen LogP contribution >= 0.6 is 0 Å². The monoisotopic (exact) mass is 247 g/mol. The highest BCUT2D eigenvalue weighted by Gasteiger charge is 2.45. The van der Waals surface area contributed by atoms with E-state index in [9.17, 15) is 0 Å². The summed E-state index contributed by atoms with van der Waals surface area (Å²) < 4.78 is 5.70. The van der Waals surface area contributed by atoms with Crippen LogP contribution < -0.4 is 5.32 Å². The van der Waals surface area contributed by atoms with Gasteiger partial charge in [0.15, 0.2) is 0 Å². The number of ether oxygens (including phenoxy) is 1. The Morgan fingerprint density at radius 2 is 1.89 bits per heavy atom. The Labute approximate surface area is 111 Å². The van der Waals surface area contributed by atoms with Crippen molar-refractivity contribution in [1.29, 1.82) is 0 Å². The Hall–Kier alpha value is -0.860. The van der Waals surface area contributed by atoms with Gasteiger partial charge in [-0.2, -0.15) is 0 Å². The van der Waals surface area contributed by atoms with Crippen molar-refractivity contribution in [2.75, 3.05) is 13.7 Å². The minimum Gasteiger partial charge on any atom is -0.373 e. The van der Waals surface area contributed by atoms with E-state index in [1.165, 1.54) is 37.7 Å². The maximum absolute atomic E-state index is 5.70. The molecule has 3 rings (SSSR count). The molecule has 18 heavy (non-hydrogen) atoms. The van der Waals surface area contributed by atoms with E-state index in [0.29, 0.717) is 6.04 Å². The van der Waals surface area contributed by atoms with Crippen LogP contribution in [0.1, 0.15) is 37.7 Å². The topological polar surface area (TPSA) is 21.3 Å². The first-order valence-electron chi connectivity index (χ1n) is 7.10. The summed E-state index contributed by atoms with van der Waals surface area (Å²) in [4.78, 5) is 0. The van der Waals surface area contributed by atoms with E-state index < -0.39 is 0 Å². The van der Waals surface area contributed by atoms with Gasteiger partial charge in [-0.15, -0.1) is 0 Å². The number of aryl methyl sites for hydroxylation is 1. The van der Waals surface area contributed by atoms with Crippen LogP contribution in [0.3, 0.4) is 0 Å². The van der Waals surface area contributed by atoms with E-state index in [2.05, 4.69) is 31.4 Å². The molecule has 0 aromatic heterocycles. The molecule has 2 unspecified atom stereocenters. The quantitative estimate of drug-likeness (QED) is 0.822. The van der Waals surface area contributed by atoms with E-state index in [-0.39, 0.29) is 5.60 Å². The minimum absolute atomic E-state index is 0.257. The number of likely N-dealkylation sites (N-methyl/N-ethyl adjacent to an activating group) is 1. The lowest BCUT2D eigenvalue weighted by Crippen LogP contribution is -2.59. The zero-order valence-electron chi connectivity index (χ0n) is 11.6. The lowest BCUT2D eigenvalue weighted by atomic mass is 9.75. The molecule has 0 amide bonds. The first kappa shape index (κ1) is 13.6. The van der Waals surface area contributed by atoms with Crippen molar-refractivity contribution >= 4 is 0 Å². The molecule has 2 heteroatoms. The van der Waals surface area contributed by atoms with Crippen molar-refractivity contribution in [3.05, 3.63) is 35.9 Å². The fraction of sp³-hybridized carbons (Fsp3) is 0.625. The summed E-state index contributed by atoms with van der Waals surface area (Å²) >= 11 is 0. The van der Waals surface area contributed by atoms with Crippen molar-refractivity contribution in [1.82, 2.24) is 5.32 Å². The summed E-state index contributed by atoms with van der Waals surface area (Å²) in [5, 5.41) is 3.37. The summed E-state index contributed by atoms with van der Waals surface area (Å²) in [5.41, 5.74) is 1.58. The molecule has 2 aliphatic rings. The molecule has 2 nitrogen and oxygen atoms in total. The fourth-order valence-corrected chi connectivity index (χ4v) is 2.99. The second kappa shape index (κ2) is 6.35. The van der Waals surface area contributed by atoms with Crippen molar-refractivity contribution in [3.63, 3.8) is 0 Å². The molecule has 1 aromatic rings. The van der Waals surface area contributed by atoms with Crippen molar-refractivity contribution < 1.29 is 4.74 Å². The Bertz CT molecular complexity index is 345. The molecule has 1 aromatic carbocycles. The molecule has 2 atom stereocenters. The molecule has 0 radical (unpaired) electrons. The first-order chi connectivity index (χ1) is 8.77. The highest BCUT2D eigenvalue weighted by molar-refractivity contribution is 5.11. The molecule has 1 aliphatic heterocycles.